The molecule has 0 bridgehead atoms. The smallest absolute Gasteiger partial charge is 0.305 e. The fourth-order valence-electron chi connectivity index (χ4n) is 2.24. The number of halogens is 1. The molecule has 6 nitrogen and oxygen atoms in total. The number of carbonyl (C=O) groups excluding carboxylic acids is 1. The minimum absolute atomic E-state index is 0.0897. The van der Waals surface area contributed by atoms with Crippen molar-refractivity contribution in [1.29, 1.82) is 0 Å². The first-order chi connectivity index (χ1) is 10.9. The number of aromatic nitrogens is 2. The van der Waals surface area contributed by atoms with Gasteiger partial charge in [-0.05, 0) is 38.1 Å². The van der Waals surface area contributed by atoms with Gasteiger partial charge in [-0.3, -0.25) is 9.59 Å². The number of benzene rings is 1. The van der Waals surface area contributed by atoms with Crippen molar-refractivity contribution in [3.63, 3.8) is 0 Å². The molecule has 7 heteroatoms. The zero-order valence-electron chi connectivity index (χ0n) is 13.0. The molecule has 0 aliphatic rings. The molecule has 2 aromatic rings. The van der Waals surface area contributed by atoms with Crippen LogP contribution in [0.25, 0.3) is 5.69 Å². The first-order valence-electron chi connectivity index (χ1n) is 7.26. The van der Waals surface area contributed by atoms with Crippen molar-refractivity contribution in [2.45, 2.75) is 20.3 Å². The number of rotatable bonds is 6. The summed E-state index contributed by atoms with van der Waals surface area (Å²) in [5, 5.41) is 13.7. The van der Waals surface area contributed by atoms with Crippen LogP contribution in [0.15, 0.2) is 30.3 Å². The van der Waals surface area contributed by atoms with Gasteiger partial charge in [0.05, 0.1) is 12.1 Å². The largest absolute Gasteiger partial charge is 0.481 e. The van der Waals surface area contributed by atoms with E-state index in [0.29, 0.717) is 11.6 Å². The molecule has 0 unspecified atom stereocenters. The lowest BCUT2D eigenvalue weighted by molar-refractivity contribution is -0.137. The zero-order chi connectivity index (χ0) is 17.0. The van der Waals surface area contributed by atoms with Crippen LogP contribution in [0.2, 0.25) is 5.02 Å². The number of carboxylic acids is 1. The molecule has 0 atom stereocenters. The van der Waals surface area contributed by atoms with E-state index in [1.54, 1.807) is 29.8 Å². The second-order valence-corrected chi connectivity index (χ2v) is 5.53. The highest BCUT2D eigenvalue weighted by Crippen LogP contribution is 2.17. The van der Waals surface area contributed by atoms with Crippen LogP contribution >= 0.6 is 11.6 Å². The number of hydrogen-bond donors (Lipinski definition) is 1. The van der Waals surface area contributed by atoms with Crippen molar-refractivity contribution in [2.24, 2.45) is 0 Å². The molecular formula is C16H18ClN3O3. The topological polar surface area (TPSA) is 75.4 Å². The summed E-state index contributed by atoms with van der Waals surface area (Å²) in [6.07, 6.45) is -0.0897. The highest BCUT2D eigenvalue weighted by molar-refractivity contribution is 6.30. The summed E-state index contributed by atoms with van der Waals surface area (Å²) in [6.45, 7) is 4.24. The lowest BCUT2D eigenvalue weighted by Gasteiger charge is -2.18. The number of aryl methyl sites for hydroxylation is 1. The molecule has 1 aromatic carbocycles. The fourth-order valence-corrected chi connectivity index (χ4v) is 2.43. The van der Waals surface area contributed by atoms with Crippen LogP contribution in [0.4, 0.5) is 0 Å². The summed E-state index contributed by atoms with van der Waals surface area (Å²) < 4.78 is 1.64. The standard InChI is InChI=1S/C16H18ClN3O3/c1-3-19(8-7-15(21)22)16(23)14-9-11(2)20(18-14)13-6-4-5-12(17)10-13/h4-6,9-10H,3,7-8H2,1-2H3,(H,21,22). The molecule has 0 fully saturated rings. The number of carboxylic acid groups (broad SMARTS) is 1. The molecule has 0 radical (unpaired) electrons. The van der Waals surface area contributed by atoms with Gasteiger partial charge in [-0.2, -0.15) is 5.10 Å². The Morgan fingerprint density at radius 3 is 2.70 bits per heavy atom. The minimum atomic E-state index is -0.933. The Balaban J connectivity index is 2.25. The molecule has 2 rings (SSSR count). The molecule has 0 aliphatic heterocycles. The Morgan fingerprint density at radius 2 is 2.09 bits per heavy atom. The SMILES string of the molecule is CCN(CCC(=O)O)C(=O)c1cc(C)n(-c2cccc(Cl)c2)n1. The third-order valence-electron chi connectivity index (χ3n) is 3.42. The van der Waals surface area contributed by atoms with Crippen molar-refractivity contribution in [3.05, 3.63) is 46.7 Å². The van der Waals surface area contributed by atoms with E-state index in [-0.39, 0.29) is 24.6 Å². The number of carbonyl (C=O) groups is 2. The maximum absolute atomic E-state index is 12.5. The molecular weight excluding hydrogens is 318 g/mol. The van der Waals surface area contributed by atoms with Gasteiger partial charge in [0.1, 0.15) is 0 Å². The van der Waals surface area contributed by atoms with Gasteiger partial charge >= 0.3 is 5.97 Å². The second kappa shape index (κ2) is 7.28. The summed E-state index contributed by atoms with van der Waals surface area (Å²) >= 11 is 5.99. The molecule has 0 saturated heterocycles. The maximum Gasteiger partial charge on any atom is 0.305 e. The van der Waals surface area contributed by atoms with E-state index in [0.717, 1.165) is 11.4 Å². The fraction of sp³-hybridized carbons (Fsp3) is 0.312. The normalized spacial score (nSPS) is 10.6. The van der Waals surface area contributed by atoms with Gasteiger partial charge in [0.15, 0.2) is 5.69 Å². The van der Waals surface area contributed by atoms with Gasteiger partial charge in [-0.15, -0.1) is 0 Å². The summed E-state index contributed by atoms with van der Waals surface area (Å²) in [7, 11) is 0. The Labute approximate surface area is 139 Å². The van der Waals surface area contributed by atoms with Gasteiger partial charge in [0.2, 0.25) is 0 Å². The van der Waals surface area contributed by atoms with Crippen molar-refractivity contribution < 1.29 is 14.7 Å². The molecule has 122 valence electrons. The first-order valence-corrected chi connectivity index (χ1v) is 7.64. The molecule has 0 aliphatic carbocycles. The van der Waals surface area contributed by atoms with E-state index in [1.807, 2.05) is 19.1 Å². The van der Waals surface area contributed by atoms with E-state index < -0.39 is 5.97 Å². The number of hydrogen-bond acceptors (Lipinski definition) is 3. The summed E-state index contributed by atoms with van der Waals surface area (Å²) in [5.41, 5.74) is 1.85. The van der Waals surface area contributed by atoms with Crippen LogP contribution in [0.1, 0.15) is 29.5 Å². The monoisotopic (exact) mass is 335 g/mol. The second-order valence-electron chi connectivity index (χ2n) is 5.09. The molecule has 23 heavy (non-hydrogen) atoms. The quantitative estimate of drug-likeness (QED) is 0.880. The number of nitrogens with zero attached hydrogens (tertiary/aromatic N) is 3. The predicted molar refractivity (Wildman–Crippen MR) is 87.1 cm³/mol. The molecule has 1 aromatic heterocycles. The highest BCUT2D eigenvalue weighted by Gasteiger charge is 2.19. The molecule has 0 spiro atoms. The van der Waals surface area contributed by atoms with E-state index in [9.17, 15) is 9.59 Å². The number of amides is 1. The average molecular weight is 336 g/mol. The summed E-state index contributed by atoms with van der Waals surface area (Å²) in [4.78, 5) is 24.6. The van der Waals surface area contributed by atoms with E-state index in [2.05, 4.69) is 5.10 Å². The molecule has 1 N–H and O–H groups in total. The molecule has 1 heterocycles. The third-order valence-corrected chi connectivity index (χ3v) is 3.66. The predicted octanol–water partition coefficient (Wildman–Crippen LogP) is 2.77. The molecule has 1 amide bonds. The third kappa shape index (κ3) is 4.10. The van der Waals surface area contributed by atoms with Crippen LogP contribution in [-0.4, -0.2) is 44.8 Å². The van der Waals surface area contributed by atoms with Gasteiger partial charge in [-0.25, -0.2) is 4.68 Å². The summed E-state index contributed by atoms with van der Waals surface area (Å²) in [6, 6.07) is 8.87. The van der Waals surface area contributed by atoms with Gasteiger partial charge in [-0.1, -0.05) is 17.7 Å². The molecule has 0 saturated carbocycles. The zero-order valence-corrected chi connectivity index (χ0v) is 13.7. The van der Waals surface area contributed by atoms with Crippen LogP contribution in [0.3, 0.4) is 0 Å². The highest BCUT2D eigenvalue weighted by atomic mass is 35.5. The lowest BCUT2D eigenvalue weighted by atomic mass is 10.3. The van der Waals surface area contributed by atoms with Crippen LogP contribution < -0.4 is 0 Å². The summed E-state index contributed by atoms with van der Waals surface area (Å²) in [5.74, 6) is -1.21. The lowest BCUT2D eigenvalue weighted by Crippen LogP contribution is -2.33. The number of aliphatic carboxylic acids is 1. The Bertz CT molecular complexity index is 727. The van der Waals surface area contributed by atoms with Gasteiger partial charge in [0, 0.05) is 23.8 Å². The van der Waals surface area contributed by atoms with Crippen LogP contribution in [-0.2, 0) is 4.79 Å². The Morgan fingerprint density at radius 1 is 1.35 bits per heavy atom. The first kappa shape index (κ1) is 17.0. The van der Waals surface area contributed by atoms with Crippen molar-refractivity contribution in [3.8, 4) is 5.69 Å². The Hall–Kier alpha value is -2.34. The van der Waals surface area contributed by atoms with E-state index in [4.69, 9.17) is 16.7 Å². The Kier molecular flexibility index (Phi) is 5.39. The van der Waals surface area contributed by atoms with Gasteiger partial charge in [0.25, 0.3) is 5.91 Å². The van der Waals surface area contributed by atoms with Crippen molar-refractivity contribution in [2.75, 3.05) is 13.1 Å². The van der Waals surface area contributed by atoms with E-state index in [1.165, 1.54) is 4.90 Å². The van der Waals surface area contributed by atoms with Crippen molar-refractivity contribution >= 4 is 23.5 Å². The van der Waals surface area contributed by atoms with Crippen molar-refractivity contribution in [1.82, 2.24) is 14.7 Å². The van der Waals surface area contributed by atoms with Crippen LogP contribution in [0, 0.1) is 6.92 Å². The maximum atomic E-state index is 12.5. The average Bonchev–Trinajstić information content (AvgIpc) is 2.89. The van der Waals surface area contributed by atoms with Gasteiger partial charge < -0.3 is 10.0 Å². The minimum Gasteiger partial charge on any atom is -0.481 e. The van der Waals surface area contributed by atoms with E-state index >= 15 is 0 Å². The van der Waals surface area contributed by atoms with Crippen LogP contribution in [0.5, 0.6) is 0 Å².